The first-order chi connectivity index (χ1) is 13.1. The predicted molar refractivity (Wildman–Crippen MR) is 113 cm³/mol. The number of hydrogen-bond acceptors (Lipinski definition) is 6. The molecule has 0 aromatic heterocycles. The summed E-state index contributed by atoms with van der Waals surface area (Å²) in [5.41, 5.74) is 1.66. The molecule has 0 saturated carbocycles. The summed E-state index contributed by atoms with van der Waals surface area (Å²) >= 11 is 12.1. The number of hydrogen-bond donors (Lipinski definition) is 1. The third kappa shape index (κ3) is 6.13. The Hall–Kier alpha value is -2.26. The Kier molecular flexibility index (Phi) is 7.31. The van der Waals surface area contributed by atoms with Gasteiger partial charge in [0.1, 0.15) is 12.2 Å². The van der Waals surface area contributed by atoms with Crippen molar-refractivity contribution in [2.24, 2.45) is 16.1 Å². The van der Waals surface area contributed by atoms with E-state index < -0.39 is 4.92 Å². The van der Waals surface area contributed by atoms with E-state index in [1.807, 2.05) is 38.4 Å². The van der Waals surface area contributed by atoms with E-state index in [-0.39, 0.29) is 21.4 Å². The summed E-state index contributed by atoms with van der Waals surface area (Å²) in [7, 11) is 3.90. The summed E-state index contributed by atoms with van der Waals surface area (Å²) in [6.07, 6.45) is 0. The molecule has 8 nitrogen and oxygen atoms in total. The molecule has 0 unspecified atom stereocenters. The average Bonchev–Trinajstić information content (AvgIpc) is 2.61. The van der Waals surface area contributed by atoms with Crippen LogP contribution in [0.1, 0.15) is 6.92 Å². The van der Waals surface area contributed by atoms with Gasteiger partial charge in [-0.25, -0.2) is 0 Å². The SMILES string of the molecule is CCN(CC[N+](C)(C)N)c1ccc(N=Nc2c(Cl)cc([N+](=O)[O-])cc2Cl)cc1. The highest BCUT2D eigenvalue weighted by Crippen LogP contribution is 2.37. The van der Waals surface area contributed by atoms with Gasteiger partial charge in [-0.05, 0) is 31.2 Å². The third-order valence-corrected chi connectivity index (χ3v) is 4.60. The van der Waals surface area contributed by atoms with Crippen molar-refractivity contribution in [1.82, 2.24) is 0 Å². The Morgan fingerprint density at radius 1 is 1.14 bits per heavy atom. The fourth-order valence-electron chi connectivity index (χ4n) is 2.44. The van der Waals surface area contributed by atoms with Crippen molar-refractivity contribution in [2.45, 2.75) is 6.92 Å². The lowest BCUT2D eigenvalue weighted by Crippen LogP contribution is -2.51. The molecule has 2 aromatic carbocycles. The van der Waals surface area contributed by atoms with Gasteiger partial charge in [-0.3, -0.25) is 14.7 Å². The van der Waals surface area contributed by atoms with Crippen LogP contribution in [-0.4, -0.2) is 43.2 Å². The molecule has 0 radical (unpaired) electrons. The van der Waals surface area contributed by atoms with Gasteiger partial charge < -0.3 is 4.90 Å². The molecule has 2 aromatic rings. The van der Waals surface area contributed by atoms with E-state index in [1.54, 1.807) is 0 Å². The van der Waals surface area contributed by atoms with E-state index in [4.69, 9.17) is 29.0 Å². The number of azo groups is 1. The lowest BCUT2D eigenvalue weighted by atomic mass is 10.2. The Morgan fingerprint density at radius 2 is 1.71 bits per heavy atom. The topological polar surface area (TPSA) is 97.1 Å². The Balaban J connectivity index is 2.15. The summed E-state index contributed by atoms with van der Waals surface area (Å²) in [5, 5.41) is 19.1. The molecule has 0 spiro atoms. The molecular formula is C18H23Cl2N6O2+. The fraction of sp³-hybridized carbons (Fsp3) is 0.333. The third-order valence-electron chi connectivity index (χ3n) is 4.02. The van der Waals surface area contributed by atoms with Crippen molar-refractivity contribution in [3.63, 3.8) is 0 Å². The van der Waals surface area contributed by atoms with E-state index in [2.05, 4.69) is 22.1 Å². The van der Waals surface area contributed by atoms with Crippen LogP contribution in [0.4, 0.5) is 22.7 Å². The molecule has 2 rings (SSSR count). The maximum Gasteiger partial charge on any atom is 0.272 e. The molecule has 0 heterocycles. The number of quaternary nitrogens is 1. The number of nitrogens with two attached hydrogens (primary N) is 1. The molecule has 150 valence electrons. The number of benzene rings is 2. The number of nitrogens with zero attached hydrogens (tertiary/aromatic N) is 5. The van der Waals surface area contributed by atoms with E-state index >= 15 is 0 Å². The number of nitro benzene ring substituents is 1. The Morgan fingerprint density at radius 3 is 2.18 bits per heavy atom. The van der Waals surface area contributed by atoms with Gasteiger partial charge >= 0.3 is 0 Å². The van der Waals surface area contributed by atoms with Crippen LogP contribution < -0.4 is 10.7 Å². The zero-order valence-electron chi connectivity index (χ0n) is 16.0. The summed E-state index contributed by atoms with van der Waals surface area (Å²) in [4.78, 5) is 12.5. The zero-order valence-corrected chi connectivity index (χ0v) is 17.5. The highest BCUT2D eigenvalue weighted by molar-refractivity contribution is 6.39. The predicted octanol–water partition coefficient (Wildman–Crippen LogP) is 5.09. The second-order valence-electron chi connectivity index (χ2n) is 6.81. The van der Waals surface area contributed by atoms with Gasteiger partial charge in [0.15, 0.2) is 0 Å². The van der Waals surface area contributed by atoms with Crippen molar-refractivity contribution in [3.05, 3.63) is 56.6 Å². The highest BCUT2D eigenvalue weighted by Gasteiger charge is 2.15. The minimum atomic E-state index is -0.568. The molecule has 2 N–H and O–H groups in total. The molecule has 28 heavy (non-hydrogen) atoms. The number of rotatable bonds is 8. The second kappa shape index (κ2) is 9.29. The number of non-ortho nitro benzene ring substituents is 1. The van der Waals surface area contributed by atoms with Gasteiger partial charge in [-0.15, -0.1) is 5.11 Å². The van der Waals surface area contributed by atoms with Crippen LogP contribution in [0.25, 0.3) is 0 Å². The van der Waals surface area contributed by atoms with E-state index in [1.165, 1.54) is 12.1 Å². The van der Waals surface area contributed by atoms with Crippen LogP contribution in [-0.2, 0) is 0 Å². The van der Waals surface area contributed by atoms with E-state index in [0.29, 0.717) is 10.3 Å². The quantitative estimate of drug-likeness (QED) is 0.209. The lowest BCUT2D eigenvalue weighted by molar-refractivity contribution is -0.900. The summed E-state index contributed by atoms with van der Waals surface area (Å²) in [6, 6.07) is 9.96. The number of nitro groups is 1. The normalized spacial score (nSPS) is 11.8. The van der Waals surface area contributed by atoms with Crippen molar-refractivity contribution >= 4 is 46.0 Å². The fourth-order valence-corrected chi connectivity index (χ4v) is 2.99. The smallest absolute Gasteiger partial charge is 0.272 e. The zero-order chi connectivity index (χ0) is 20.9. The number of halogens is 2. The Bertz CT molecular complexity index is 842. The summed E-state index contributed by atoms with van der Waals surface area (Å²) < 4.78 is 0.402. The van der Waals surface area contributed by atoms with Crippen LogP contribution in [0.2, 0.25) is 10.0 Å². The molecule has 0 atom stereocenters. The van der Waals surface area contributed by atoms with Crippen LogP contribution in [0.5, 0.6) is 0 Å². The largest absolute Gasteiger partial charge is 0.366 e. The maximum absolute atomic E-state index is 10.8. The first-order valence-electron chi connectivity index (χ1n) is 8.62. The van der Waals surface area contributed by atoms with Crippen molar-refractivity contribution in [1.29, 1.82) is 0 Å². The van der Waals surface area contributed by atoms with E-state index in [9.17, 15) is 10.1 Å². The van der Waals surface area contributed by atoms with Crippen LogP contribution in [0.3, 0.4) is 0 Å². The standard InChI is InChI=1S/C18H23Cl2N6O2/c1-4-24(9-10-26(2,3)21)14-7-5-13(6-8-14)22-23-18-16(19)11-15(25(27)28)12-17(18)20/h5-8,11-12H,4,9-10,21H2,1-3H3/q+1. The first kappa shape index (κ1) is 22.0. The van der Waals surface area contributed by atoms with Gasteiger partial charge in [-0.2, -0.15) is 11.0 Å². The molecular weight excluding hydrogens is 403 g/mol. The molecule has 0 amide bonds. The first-order valence-corrected chi connectivity index (χ1v) is 9.38. The minimum Gasteiger partial charge on any atom is -0.366 e. The molecule has 0 aliphatic carbocycles. The minimum absolute atomic E-state index is 0.0688. The summed E-state index contributed by atoms with van der Waals surface area (Å²) in [6.45, 7) is 4.58. The number of likely N-dealkylation sites (N-methyl/N-ethyl adjacent to an activating group) is 2. The van der Waals surface area contributed by atoms with Gasteiger partial charge in [0.2, 0.25) is 0 Å². The maximum atomic E-state index is 10.8. The summed E-state index contributed by atoms with van der Waals surface area (Å²) in [5.74, 6) is 6.01. The van der Waals surface area contributed by atoms with Crippen molar-refractivity contribution < 1.29 is 9.52 Å². The molecule has 0 aliphatic rings. The molecule has 0 saturated heterocycles. The van der Waals surface area contributed by atoms with Gasteiger partial charge in [-0.1, -0.05) is 23.2 Å². The number of anilines is 1. The molecule has 10 heteroatoms. The Labute approximate surface area is 173 Å². The average molecular weight is 426 g/mol. The van der Waals surface area contributed by atoms with Crippen LogP contribution in [0, 0.1) is 10.1 Å². The van der Waals surface area contributed by atoms with Gasteiger partial charge in [0.25, 0.3) is 5.69 Å². The van der Waals surface area contributed by atoms with Crippen molar-refractivity contribution in [2.75, 3.05) is 38.6 Å². The van der Waals surface area contributed by atoms with Gasteiger partial charge in [0, 0.05) is 24.4 Å². The molecule has 0 aliphatic heterocycles. The van der Waals surface area contributed by atoms with Gasteiger partial charge in [0.05, 0.1) is 41.3 Å². The molecule has 0 bridgehead atoms. The highest BCUT2D eigenvalue weighted by atomic mass is 35.5. The lowest BCUT2D eigenvalue weighted by Gasteiger charge is -2.28. The second-order valence-corrected chi connectivity index (χ2v) is 7.63. The monoisotopic (exact) mass is 425 g/mol. The van der Waals surface area contributed by atoms with Crippen molar-refractivity contribution in [3.8, 4) is 0 Å². The van der Waals surface area contributed by atoms with E-state index in [0.717, 1.165) is 25.3 Å². The van der Waals surface area contributed by atoms with Crippen LogP contribution in [0.15, 0.2) is 46.6 Å². The van der Waals surface area contributed by atoms with Crippen LogP contribution >= 0.6 is 23.2 Å². The molecule has 0 fully saturated rings.